The number of amides is 2. The number of benzene rings is 1. The Bertz CT molecular complexity index is 944. The Hall–Kier alpha value is -2.54. The van der Waals surface area contributed by atoms with Crippen LogP contribution < -0.4 is 20.1 Å². The summed E-state index contributed by atoms with van der Waals surface area (Å²) in [5.74, 6) is 1.54. The second kappa shape index (κ2) is 7.06. The summed E-state index contributed by atoms with van der Waals surface area (Å²) in [6.45, 7) is 0.579. The molecule has 2 N–H and O–H groups in total. The maximum absolute atomic E-state index is 12.8. The predicted molar refractivity (Wildman–Crippen MR) is 109 cm³/mol. The van der Waals surface area contributed by atoms with Crippen molar-refractivity contribution in [2.75, 3.05) is 7.11 Å². The quantitative estimate of drug-likeness (QED) is 0.808. The van der Waals surface area contributed by atoms with Crippen LogP contribution in [0.1, 0.15) is 40.9 Å². The minimum atomic E-state index is -0.718. The lowest BCUT2D eigenvalue weighted by Gasteiger charge is -2.55. The molecule has 3 saturated carbocycles. The lowest BCUT2D eigenvalue weighted by Crippen LogP contribution is -2.66. The molecule has 6 nitrogen and oxygen atoms in total. The average Bonchev–Trinajstić information content (AvgIpc) is 3.25. The molecule has 2 bridgehead atoms. The van der Waals surface area contributed by atoms with Crippen molar-refractivity contribution in [3.05, 3.63) is 46.2 Å². The molecule has 29 heavy (non-hydrogen) atoms. The fourth-order valence-corrected chi connectivity index (χ4v) is 5.80. The molecule has 2 aromatic rings. The zero-order chi connectivity index (χ0) is 20.0. The van der Waals surface area contributed by atoms with Gasteiger partial charge in [-0.05, 0) is 48.8 Å². The molecule has 1 aliphatic heterocycles. The van der Waals surface area contributed by atoms with Gasteiger partial charge in [-0.1, -0.05) is 6.07 Å². The van der Waals surface area contributed by atoms with E-state index in [1.165, 1.54) is 0 Å². The molecule has 4 atom stereocenters. The van der Waals surface area contributed by atoms with Crippen LogP contribution in [0.15, 0.2) is 35.7 Å². The molecule has 4 unspecified atom stereocenters. The van der Waals surface area contributed by atoms with Crippen LogP contribution in [0.2, 0.25) is 0 Å². The van der Waals surface area contributed by atoms with Gasteiger partial charge >= 0.3 is 0 Å². The number of carbonyl (C=O) groups excluding carboxylic acids is 2. The molecular weight excluding hydrogens is 388 g/mol. The van der Waals surface area contributed by atoms with Gasteiger partial charge in [0.25, 0.3) is 5.91 Å². The van der Waals surface area contributed by atoms with Gasteiger partial charge in [-0.3, -0.25) is 9.59 Å². The van der Waals surface area contributed by atoms with Gasteiger partial charge in [0, 0.05) is 29.2 Å². The van der Waals surface area contributed by atoms with Gasteiger partial charge in [-0.25, -0.2) is 0 Å². The van der Waals surface area contributed by atoms with Crippen molar-refractivity contribution in [2.45, 2.75) is 38.0 Å². The molecule has 0 saturated heterocycles. The normalized spacial score (nSPS) is 29.7. The van der Waals surface area contributed by atoms with E-state index < -0.39 is 5.72 Å². The molecule has 2 heterocycles. The van der Waals surface area contributed by atoms with E-state index in [0.717, 1.165) is 24.1 Å². The molecule has 3 aliphatic carbocycles. The molecule has 1 spiro atoms. The molecule has 6 rings (SSSR count). The molecule has 0 radical (unpaired) electrons. The standard InChI is InChI=1S/C22H24N2O4S/c1-27-15-6-7-17-19(10-15)28-22(24-21(17)26)11-13-4-5-14(22)9-18(13)20(25)23-12-16-3-2-8-29-16/h2-3,6-8,10,13-14,18H,4-5,9,11-12H2,1H3,(H,23,25)(H,24,26). The molecule has 2 amide bonds. The van der Waals surface area contributed by atoms with Crippen molar-refractivity contribution in [3.63, 3.8) is 0 Å². The van der Waals surface area contributed by atoms with E-state index in [9.17, 15) is 9.59 Å². The topological polar surface area (TPSA) is 76.7 Å². The van der Waals surface area contributed by atoms with Crippen LogP contribution in [0.4, 0.5) is 0 Å². The summed E-state index contributed by atoms with van der Waals surface area (Å²) < 4.78 is 11.7. The van der Waals surface area contributed by atoms with Gasteiger partial charge in [0.2, 0.25) is 5.91 Å². The van der Waals surface area contributed by atoms with E-state index in [4.69, 9.17) is 9.47 Å². The maximum Gasteiger partial charge on any atom is 0.258 e. The minimum absolute atomic E-state index is 0.0217. The van der Waals surface area contributed by atoms with Gasteiger partial charge in [0.1, 0.15) is 11.5 Å². The van der Waals surface area contributed by atoms with Gasteiger partial charge in [-0.2, -0.15) is 0 Å². The van der Waals surface area contributed by atoms with E-state index >= 15 is 0 Å². The number of nitrogens with one attached hydrogen (secondary N) is 2. The number of hydrogen-bond donors (Lipinski definition) is 2. The smallest absolute Gasteiger partial charge is 0.258 e. The number of carbonyl (C=O) groups is 2. The average molecular weight is 413 g/mol. The summed E-state index contributed by atoms with van der Waals surface area (Å²) in [5, 5.41) is 8.25. The van der Waals surface area contributed by atoms with E-state index in [-0.39, 0.29) is 29.6 Å². The first-order valence-corrected chi connectivity index (χ1v) is 11.0. The highest BCUT2D eigenvalue weighted by Gasteiger charge is 2.57. The van der Waals surface area contributed by atoms with E-state index in [1.807, 2.05) is 17.5 Å². The van der Waals surface area contributed by atoms with E-state index in [0.29, 0.717) is 30.0 Å². The molecule has 1 aromatic heterocycles. The van der Waals surface area contributed by atoms with Crippen LogP contribution in [-0.2, 0) is 11.3 Å². The van der Waals surface area contributed by atoms with Crippen molar-refractivity contribution < 1.29 is 19.1 Å². The summed E-state index contributed by atoms with van der Waals surface area (Å²) >= 11 is 1.65. The van der Waals surface area contributed by atoms with Crippen LogP contribution in [0.5, 0.6) is 11.5 Å². The summed E-state index contributed by atoms with van der Waals surface area (Å²) in [6.07, 6.45) is 3.35. The SMILES string of the molecule is COc1ccc2c(c1)OC1(CC3CCC1CC3C(=O)NCc1cccs1)NC2=O. The zero-order valence-corrected chi connectivity index (χ0v) is 17.1. The zero-order valence-electron chi connectivity index (χ0n) is 16.3. The summed E-state index contributed by atoms with van der Waals surface area (Å²) in [5.41, 5.74) is -0.188. The fraction of sp³-hybridized carbons (Fsp3) is 0.455. The van der Waals surface area contributed by atoms with Crippen LogP contribution in [0.3, 0.4) is 0 Å². The monoisotopic (exact) mass is 412 g/mol. The van der Waals surface area contributed by atoms with Crippen molar-refractivity contribution >= 4 is 23.2 Å². The maximum atomic E-state index is 12.8. The lowest BCUT2D eigenvalue weighted by atomic mass is 9.60. The first kappa shape index (κ1) is 18.5. The third-order valence-corrected chi connectivity index (χ3v) is 7.50. The van der Waals surface area contributed by atoms with Crippen LogP contribution in [0, 0.1) is 17.8 Å². The van der Waals surface area contributed by atoms with Gasteiger partial charge in [0.15, 0.2) is 5.72 Å². The third-order valence-electron chi connectivity index (χ3n) is 6.62. The Morgan fingerprint density at radius 1 is 1.38 bits per heavy atom. The van der Waals surface area contributed by atoms with Crippen molar-refractivity contribution in [1.29, 1.82) is 0 Å². The predicted octanol–water partition coefficient (Wildman–Crippen LogP) is 3.33. The number of hydrogen-bond acceptors (Lipinski definition) is 5. The van der Waals surface area contributed by atoms with Crippen LogP contribution in [-0.4, -0.2) is 24.6 Å². The number of rotatable bonds is 4. The highest BCUT2D eigenvalue weighted by atomic mass is 32.1. The highest BCUT2D eigenvalue weighted by Crippen LogP contribution is 2.52. The Kier molecular flexibility index (Phi) is 4.50. The van der Waals surface area contributed by atoms with Gasteiger partial charge in [-0.15, -0.1) is 11.3 Å². The Labute approximate surface area is 173 Å². The Morgan fingerprint density at radius 2 is 2.28 bits per heavy atom. The second-order valence-corrected chi connectivity index (χ2v) is 9.22. The fourth-order valence-electron chi connectivity index (χ4n) is 5.16. The number of thiophene rings is 1. The number of methoxy groups -OCH3 is 1. The van der Waals surface area contributed by atoms with Crippen molar-refractivity contribution in [1.82, 2.24) is 10.6 Å². The lowest BCUT2D eigenvalue weighted by molar-refractivity contribution is -0.146. The van der Waals surface area contributed by atoms with Crippen molar-refractivity contribution in [3.8, 4) is 11.5 Å². The minimum Gasteiger partial charge on any atom is -0.497 e. The Balaban J connectivity index is 1.33. The summed E-state index contributed by atoms with van der Waals surface area (Å²) in [4.78, 5) is 26.8. The largest absolute Gasteiger partial charge is 0.497 e. The molecule has 3 fully saturated rings. The molecule has 4 aliphatic rings. The third kappa shape index (κ3) is 3.17. The van der Waals surface area contributed by atoms with Crippen LogP contribution >= 0.6 is 11.3 Å². The molecule has 152 valence electrons. The van der Waals surface area contributed by atoms with Crippen LogP contribution in [0.25, 0.3) is 0 Å². The molecular formula is C22H24N2O4S. The summed E-state index contributed by atoms with van der Waals surface area (Å²) in [7, 11) is 1.60. The number of fused-ring (bicyclic) bond motifs is 3. The first-order valence-electron chi connectivity index (χ1n) is 10.1. The first-order chi connectivity index (χ1) is 14.1. The van der Waals surface area contributed by atoms with Gasteiger partial charge in [0.05, 0.1) is 19.2 Å². The van der Waals surface area contributed by atoms with Gasteiger partial charge < -0.3 is 20.1 Å². The Morgan fingerprint density at radius 3 is 3.00 bits per heavy atom. The van der Waals surface area contributed by atoms with E-state index in [2.05, 4.69) is 10.6 Å². The highest BCUT2D eigenvalue weighted by molar-refractivity contribution is 7.09. The number of ether oxygens (including phenoxy) is 2. The second-order valence-electron chi connectivity index (χ2n) is 8.19. The van der Waals surface area contributed by atoms with E-state index in [1.54, 1.807) is 36.6 Å². The molecule has 7 heteroatoms. The molecule has 1 aromatic carbocycles. The van der Waals surface area contributed by atoms with Crippen molar-refractivity contribution in [2.24, 2.45) is 17.8 Å². The summed E-state index contributed by atoms with van der Waals surface area (Å²) in [6, 6.07) is 9.31.